The van der Waals surface area contributed by atoms with Crippen molar-refractivity contribution in [1.29, 1.82) is 0 Å². The van der Waals surface area contributed by atoms with Gasteiger partial charge < -0.3 is 15.5 Å². The van der Waals surface area contributed by atoms with Crippen molar-refractivity contribution in [3.05, 3.63) is 30.1 Å². The molecule has 0 spiro atoms. The van der Waals surface area contributed by atoms with Crippen molar-refractivity contribution in [1.82, 2.24) is 19.8 Å². The number of benzene rings is 1. The summed E-state index contributed by atoms with van der Waals surface area (Å²) in [6.45, 7) is 0.551. The molecule has 0 radical (unpaired) electrons. The maximum Gasteiger partial charge on any atom is 0.243 e. The van der Waals surface area contributed by atoms with E-state index in [1.54, 1.807) is 4.90 Å². The molecule has 3 amide bonds. The minimum atomic E-state index is -4.13. The van der Waals surface area contributed by atoms with Gasteiger partial charge in [0, 0.05) is 32.1 Å². The fraction of sp³-hybridized carbons (Fsp3) is 0.609. The highest BCUT2D eigenvalue weighted by atomic mass is 32.2. The number of halogens is 1. The molecule has 2 atom stereocenters. The molecule has 1 aromatic rings. The van der Waals surface area contributed by atoms with Crippen LogP contribution in [0.3, 0.4) is 0 Å². The van der Waals surface area contributed by atoms with Gasteiger partial charge in [0.25, 0.3) is 0 Å². The van der Waals surface area contributed by atoms with Gasteiger partial charge in [0.2, 0.25) is 27.7 Å². The Labute approximate surface area is 199 Å². The smallest absolute Gasteiger partial charge is 0.243 e. The van der Waals surface area contributed by atoms with Gasteiger partial charge in [0.1, 0.15) is 17.9 Å². The fourth-order valence-corrected chi connectivity index (χ4v) is 6.57. The molecule has 34 heavy (non-hydrogen) atoms. The molecular weight excluding hydrogens is 463 g/mol. The summed E-state index contributed by atoms with van der Waals surface area (Å²) in [5, 5.41) is 5.38. The van der Waals surface area contributed by atoms with Gasteiger partial charge in [-0.05, 0) is 49.9 Å². The summed E-state index contributed by atoms with van der Waals surface area (Å²) < 4.78 is 41.2. The average Bonchev–Trinajstić information content (AvgIpc) is 2.85. The number of carbonyl (C=O) groups is 3. The highest BCUT2D eigenvalue weighted by molar-refractivity contribution is 7.89. The Morgan fingerprint density at radius 2 is 1.71 bits per heavy atom. The fourth-order valence-electron chi connectivity index (χ4n) is 5.00. The van der Waals surface area contributed by atoms with Crippen molar-refractivity contribution in [2.24, 2.45) is 5.92 Å². The molecule has 3 aliphatic rings. The molecule has 2 N–H and O–H groups in total. The van der Waals surface area contributed by atoms with Crippen LogP contribution < -0.4 is 10.6 Å². The monoisotopic (exact) mass is 494 g/mol. The van der Waals surface area contributed by atoms with Crippen molar-refractivity contribution in [3.63, 3.8) is 0 Å². The Balaban J connectivity index is 1.58. The summed E-state index contributed by atoms with van der Waals surface area (Å²) in [6.07, 6.45) is 5.82. The van der Waals surface area contributed by atoms with Crippen LogP contribution in [0.25, 0.3) is 0 Å². The van der Waals surface area contributed by atoms with Crippen molar-refractivity contribution in [2.75, 3.05) is 26.2 Å². The van der Waals surface area contributed by atoms with Crippen molar-refractivity contribution < 1.29 is 27.2 Å². The van der Waals surface area contributed by atoms with E-state index in [0.29, 0.717) is 19.4 Å². The number of sulfonamides is 1. The molecule has 2 heterocycles. The highest BCUT2D eigenvalue weighted by Crippen LogP contribution is 2.28. The van der Waals surface area contributed by atoms with E-state index in [1.807, 2.05) is 0 Å². The van der Waals surface area contributed by atoms with Crippen LogP contribution in [0.1, 0.15) is 44.9 Å². The molecule has 186 valence electrons. The van der Waals surface area contributed by atoms with E-state index in [4.69, 9.17) is 0 Å². The maximum absolute atomic E-state index is 13.4. The molecule has 1 aromatic carbocycles. The van der Waals surface area contributed by atoms with Crippen LogP contribution in [0.15, 0.2) is 29.2 Å². The lowest BCUT2D eigenvalue weighted by Crippen LogP contribution is -2.64. The summed E-state index contributed by atoms with van der Waals surface area (Å²) >= 11 is 0. The van der Waals surface area contributed by atoms with Crippen molar-refractivity contribution in [3.8, 4) is 0 Å². The molecule has 4 rings (SSSR count). The quantitative estimate of drug-likeness (QED) is 0.634. The first-order valence-corrected chi connectivity index (χ1v) is 13.4. The van der Waals surface area contributed by atoms with Crippen LogP contribution >= 0.6 is 0 Å². The summed E-state index contributed by atoms with van der Waals surface area (Å²) in [5.41, 5.74) is 0. The zero-order valence-corrected chi connectivity index (χ0v) is 19.9. The van der Waals surface area contributed by atoms with Crippen LogP contribution in [-0.4, -0.2) is 73.6 Å². The first kappa shape index (κ1) is 24.6. The van der Waals surface area contributed by atoms with Crippen LogP contribution in [0.5, 0.6) is 0 Å². The summed E-state index contributed by atoms with van der Waals surface area (Å²) in [4.78, 5) is 40.1. The van der Waals surface area contributed by atoms with E-state index in [2.05, 4.69) is 10.6 Å². The maximum atomic E-state index is 13.4. The zero-order chi connectivity index (χ0) is 24.3. The second-order valence-corrected chi connectivity index (χ2v) is 11.1. The Bertz CT molecular complexity index is 1030. The molecule has 0 bridgehead atoms. The van der Waals surface area contributed by atoms with Gasteiger partial charge in [0.15, 0.2) is 0 Å². The lowest BCUT2D eigenvalue weighted by atomic mass is 9.88. The Morgan fingerprint density at radius 3 is 2.38 bits per heavy atom. The summed E-state index contributed by atoms with van der Waals surface area (Å²) in [6, 6.07) is 2.49. The van der Waals surface area contributed by atoms with Gasteiger partial charge in [-0.15, -0.1) is 0 Å². The first-order chi connectivity index (χ1) is 16.3. The molecule has 1 saturated carbocycles. The molecule has 1 aliphatic carbocycles. The lowest BCUT2D eigenvalue weighted by Gasteiger charge is -2.41. The number of rotatable bonds is 5. The van der Waals surface area contributed by atoms with Gasteiger partial charge in [-0.3, -0.25) is 14.4 Å². The Hall–Kier alpha value is -2.53. The minimum Gasteiger partial charge on any atom is -0.354 e. The predicted molar refractivity (Wildman–Crippen MR) is 121 cm³/mol. The normalized spacial score (nSPS) is 25.0. The van der Waals surface area contributed by atoms with Gasteiger partial charge in [-0.2, -0.15) is 4.31 Å². The number of nitrogens with one attached hydrogen (secondary N) is 2. The second kappa shape index (κ2) is 10.4. The molecule has 2 aliphatic heterocycles. The topological polar surface area (TPSA) is 116 Å². The lowest BCUT2D eigenvalue weighted by molar-refractivity contribution is -0.141. The van der Waals surface area contributed by atoms with E-state index >= 15 is 0 Å². The summed E-state index contributed by atoms with van der Waals surface area (Å²) in [7, 11) is -4.13. The van der Waals surface area contributed by atoms with E-state index < -0.39 is 33.8 Å². The molecule has 9 nitrogen and oxygen atoms in total. The number of hydrogen-bond acceptors (Lipinski definition) is 5. The van der Waals surface area contributed by atoms with E-state index in [1.165, 1.54) is 0 Å². The van der Waals surface area contributed by atoms with Crippen LogP contribution in [0.4, 0.5) is 4.39 Å². The number of piperidine rings is 1. The van der Waals surface area contributed by atoms with Gasteiger partial charge in [0.05, 0.1) is 4.90 Å². The average molecular weight is 495 g/mol. The van der Waals surface area contributed by atoms with E-state index in [0.717, 1.165) is 60.7 Å². The molecule has 0 aromatic heterocycles. The number of amides is 3. The third kappa shape index (κ3) is 5.25. The van der Waals surface area contributed by atoms with Crippen molar-refractivity contribution >= 4 is 27.7 Å². The zero-order valence-electron chi connectivity index (χ0n) is 19.0. The largest absolute Gasteiger partial charge is 0.354 e. The third-order valence-corrected chi connectivity index (χ3v) is 8.84. The SMILES string of the molecule is O=C1NCCCC1NC(=O)C1CN(C(=O)C2CCCCC2)CCN1S(=O)(=O)c1ccc(F)cc1. The summed E-state index contributed by atoms with van der Waals surface area (Å²) in [5.74, 6) is -1.65. The Morgan fingerprint density at radius 1 is 1.00 bits per heavy atom. The first-order valence-electron chi connectivity index (χ1n) is 11.9. The number of hydrogen-bond donors (Lipinski definition) is 2. The third-order valence-electron chi connectivity index (χ3n) is 6.92. The second-order valence-electron chi connectivity index (χ2n) is 9.20. The van der Waals surface area contributed by atoms with E-state index in [9.17, 15) is 27.2 Å². The van der Waals surface area contributed by atoms with Gasteiger partial charge in [-0.1, -0.05) is 19.3 Å². The number of nitrogens with zero attached hydrogens (tertiary/aromatic N) is 2. The molecule has 2 unspecified atom stereocenters. The number of piperazine rings is 1. The minimum absolute atomic E-state index is 0.0493. The highest BCUT2D eigenvalue weighted by Gasteiger charge is 2.43. The predicted octanol–water partition coefficient (Wildman–Crippen LogP) is 1.00. The Kier molecular flexibility index (Phi) is 7.51. The van der Waals surface area contributed by atoms with Crippen molar-refractivity contribution in [2.45, 2.75) is 61.9 Å². The molecule has 11 heteroatoms. The van der Waals surface area contributed by atoms with E-state index in [-0.39, 0.29) is 42.3 Å². The standard InChI is InChI=1S/C23H31FN4O5S/c24-17-8-10-18(11-9-17)34(32,33)28-14-13-27(23(31)16-5-2-1-3-6-16)15-20(28)22(30)26-19-7-4-12-25-21(19)29/h8-11,16,19-20H,1-7,12-15H2,(H,25,29)(H,26,30). The van der Waals surface area contributed by atoms with Gasteiger partial charge >= 0.3 is 0 Å². The molecule has 2 saturated heterocycles. The van der Waals surface area contributed by atoms with Crippen LogP contribution in [-0.2, 0) is 24.4 Å². The van der Waals surface area contributed by atoms with Crippen LogP contribution in [0, 0.1) is 11.7 Å². The molecule has 3 fully saturated rings. The molecular formula is C23H31FN4O5S. The van der Waals surface area contributed by atoms with Gasteiger partial charge in [-0.25, -0.2) is 12.8 Å². The number of carbonyl (C=O) groups excluding carboxylic acids is 3. The van der Waals surface area contributed by atoms with Crippen LogP contribution in [0.2, 0.25) is 0 Å².